The third-order valence-corrected chi connectivity index (χ3v) is 5.63. The highest BCUT2D eigenvalue weighted by molar-refractivity contribution is 7.89. The smallest absolute Gasteiger partial charge is 0.207 e. The molecule has 0 radical (unpaired) electrons. The highest BCUT2D eigenvalue weighted by Crippen LogP contribution is 2.28. The first-order chi connectivity index (χ1) is 9.46. The van der Waals surface area contributed by atoms with E-state index in [1.54, 1.807) is 6.07 Å². The van der Waals surface area contributed by atoms with Crippen molar-refractivity contribution in [2.75, 3.05) is 13.6 Å². The minimum Gasteiger partial charge on any atom is -0.207 e. The van der Waals surface area contributed by atoms with Crippen LogP contribution in [0.1, 0.15) is 31.2 Å². The van der Waals surface area contributed by atoms with Crippen molar-refractivity contribution in [3.8, 4) is 6.07 Å². The van der Waals surface area contributed by atoms with Gasteiger partial charge in [0.2, 0.25) is 10.0 Å². The second-order valence-electron chi connectivity index (χ2n) is 5.16. The molecule has 0 bridgehead atoms. The summed E-state index contributed by atoms with van der Waals surface area (Å²) in [6.45, 7) is 0.420. The Bertz CT molecular complexity index is 631. The standard InChI is InChI=1S/C14H17FN2O2S/c1-17(10-11-5-2-3-6-11)20(18,19)14-8-4-7-13(15)12(14)9-16/h4,7-8,11H,2-3,5-6,10H2,1H3. The van der Waals surface area contributed by atoms with Crippen LogP contribution < -0.4 is 0 Å². The number of rotatable bonds is 4. The minimum absolute atomic E-state index is 0.250. The zero-order valence-corrected chi connectivity index (χ0v) is 12.2. The van der Waals surface area contributed by atoms with Gasteiger partial charge in [-0.05, 0) is 30.9 Å². The number of halogens is 1. The van der Waals surface area contributed by atoms with E-state index >= 15 is 0 Å². The molecule has 108 valence electrons. The van der Waals surface area contributed by atoms with Crippen LogP contribution in [0.2, 0.25) is 0 Å². The molecule has 0 saturated heterocycles. The molecule has 1 aromatic carbocycles. The van der Waals surface area contributed by atoms with Gasteiger partial charge >= 0.3 is 0 Å². The van der Waals surface area contributed by atoms with Crippen LogP contribution in [0.4, 0.5) is 4.39 Å². The van der Waals surface area contributed by atoms with Crippen molar-refractivity contribution in [2.24, 2.45) is 5.92 Å². The Morgan fingerprint density at radius 3 is 2.65 bits per heavy atom. The van der Waals surface area contributed by atoms with Gasteiger partial charge in [-0.15, -0.1) is 0 Å². The van der Waals surface area contributed by atoms with Crippen LogP contribution in [0.3, 0.4) is 0 Å². The van der Waals surface area contributed by atoms with Crippen LogP contribution in [0.15, 0.2) is 23.1 Å². The molecular weight excluding hydrogens is 279 g/mol. The molecule has 1 saturated carbocycles. The van der Waals surface area contributed by atoms with E-state index in [0.717, 1.165) is 31.7 Å². The maximum absolute atomic E-state index is 13.5. The molecule has 1 fully saturated rings. The Morgan fingerprint density at radius 2 is 2.05 bits per heavy atom. The van der Waals surface area contributed by atoms with E-state index in [1.165, 1.54) is 23.5 Å². The molecule has 0 N–H and O–H groups in total. The molecule has 6 heteroatoms. The van der Waals surface area contributed by atoms with Crippen LogP contribution in [0, 0.1) is 23.1 Å². The molecule has 0 unspecified atom stereocenters. The van der Waals surface area contributed by atoms with E-state index in [9.17, 15) is 12.8 Å². The Balaban J connectivity index is 2.30. The van der Waals surface area contributed by atoms with Gasteiger partial charge in [-0.2, -0.15) is 5.26 Å². The fraction of sp³-hybridized carbons (Fsp3) is 0.500. The normalized spacial score (nSPS) is 16.5. The number of sulfonamides is 1. The molecule has 0 spiro atoms. The van der Waals surface area contributed by atoms with E-state index < -0.39 is 21.4 Å². The van der Waals surface area contributed by atoms with E-state index in [-0.39, 0.29) is 4.90 Å². The van der Waals surface area contributed by atoms with Crippen molar-refractivity contribution >= 4 is 10.0 Å². The van der Waals surface area contributed by atoms with Gasteiger partial charge in [0.1, 0.15) is 22.3 Å². The molecule has 0 aliphatic heterocycles. The van der Waals surface area contributed by atoms with Crippen LogP contribution in [0.25, 0.3) is 0 Å². The molecular formula is C14H17FN2O2S. The summed E-state index contributed by atoms with van der Waals surface area (Å²) in [5, 5.41) is 8.96. The monoisotopic (exact) mass is 296 g/mol. The van der Waals surface area contributed by atoms with E-state index in [4.69, 9.17) is 5.26 Å². The molecule has 1 aromatic rings. The summed E-state index contributed by atoms with van der Waals surface area (Å²) in [7, 11) is -2.34. The molecule has 2 rings (SSSR count). The molecule has 1 aliphatic carbocycles. The Morgan fingerprint density at radius 1 is 1.40 bits per heavy atom. The molecule has 4 nitrogen and oxygen atoms in total. The zero-order valence-electron chi connectivity index (χ0n) is 11.3. The first-order valence-corrected chi connectivity index (χ1v) is 8.05. The molecule has 0 amide bonds. The highest BCUT2D eigenvalue weighted by atomic mass is 32.2. The van der Waals surface area contributed by atoms with Crippen molar-refractivity contribution < 1.29 is 12.8 Å². The lowest BCUT2D eigenvalue weighted by molar-refractivity contribution is 0.387. The van der Waals surface area contributed by atoms with Crippen molar-refractivity contribution in [1.29, 1.82) is 5.26 Å². The quantitative estimate of drug-likeness (QED) is 0.857. The molecule has 0 aromatic heterocycles. The van der Waals surface area contributed by atoms with Gasteiger partial charge in [0, 0.05) is 13.6 Å². The van der Waals surface area contributed by atoms with Gasteiger partial charge in [-0.1, -0.05) is 18.9 Å². The molecule has 0 atom stereocenters. The summed E-state index contributed by atoms with van der Waals surface area (Å²) >= 11 is 0. The maximum atomic E-state index is 13.5. The van der Waals surface area contributed by atoms with Crippen molar-refractivity contribution in [3.05, 3.63) is 29.6 Å². The van der Waals surface area contributed by atoms with Gasteiger partial charge in [0.15, 0.2) is 0 Å². The average Bonchev–Trinajstić information content (AvgIpc) is 2.91. The summed E-state index contributed by atoms with van der Waals surface area (Å²) in [6.07, 6.45) is 4.30. The van der Waals surface area contributed by atoms with Gasteiger partial charge in [0.05, 0.1) is 0 Å². The van der Waals surface area contributed by atoms with Crippen LogP contribution >= 0.6 is 0 Å². The van der Waals surface area contributed by atoms with Crippen LogP contribution in [-0.4, -0.2) is 26.3 Å². The fourth-order valence-corrected chi connectivity index (χ4v) is 4.04. The third-order valence-electron chi connectivity index (χ3n) is 3.77. The summed E-state index contributed by atoms with van der Waals surface area (Å²) in [6, 6.07) is 5.32. The highest BCUT2D eigenvalue weighted by Gasteiger charge is 2.28. The van der Waals surface area contributed by atoms with Gasteiger partial charge in [-0.3, -0.25) is 0 Å². The SMILES string of the molecule is CN(CC1CCCC1)S(=O)(=O)c1cccc(F)c1C#N. The second-order valence-corrected chi connectivity index (χ2v) is 7.17. The Hall–Kier alpha value is -1.45. The number of hydrogen-bond donors (Lipinski definition) is 0. The first-order valence-electron chi connectivity index (χ1n) is 6.61. The second kappa shape index (κ2) is 5.90. The van der Waals surface area contributed by atoms with Gasteiger partial charge in [0.25, 0.3) is 0 Å². The van der Waals surface area contributed by atoms with Crippen molar-refractivity contribution in [3.63, 3.8) is 0 Å². The fourth-order valence-electron chi connectivity index (χ4n) is 2.65. The van der Waals surface area contributed by atoms with E-state index in [0.29, 0.717) is 12.5 Å². The Kier molecular flexibility index (Phi) is 4.41. The van der Waals surface area contributed by atoms with E-state index in [1.807, 2.05) is 0 Å². The average molecular weight is 296 g/mol. The minimum atomic E-state index is -3.82. The maximum Gasteiger partial charge on any atom is 0.244 e. The predicted octanol–water partition coefficient (Wildman–Crippen LogP) is 2.51. The van der Waals surface area contributed by atoms with Gasteiger partial charge in [-0.25, -0.2) is 17.1 Å². The predicted molar refractivity (Wildman–Crippen MR) is 72.9 cm³/mol. The summed E-state index contributed by atoms with van der Waals surface area (Å²) in [5.74, 6) is -0.447. The third kappa shape index (κ3) is 2.84. The largest absolute Gasteiger partial charge is 0.244 e. The van der Waals surface area contributed by atoms with Crippen molar-refractivity contribution in [1.82, 2.24) is 4.31 Å². The van der Waals surface area contributed by atoms with Gasteiger partial charge < -0.3 is 0 Å². The lowest BCUT2D eigenvalue weighted by Gasteiger charge is -2.21. The number of hydrogen-bond acceptors (Lipinski definition) is 3. The zero-order chi connectivity index (χ0) is 14.8. The number of nitrogens with zero attached hydrogens (tertiary/aromatic N) is 2. The Labute approximate surface area is 118 Å². The molecule has 1 aliphatic rings. The van der Waals surface area contributed by atoms with Crippen molar-refractivity contribution in [2.45, 2.75) is 30.6 Å². The first kappa shape index (κ1) is 14.9. The molecule has 20 heavy (non-hydrogen) atoms. The van der Waals surface area contributed by atoms with E-state index in [2.05, 4.69) is 0 Å². The lowest BCUT2D eigenvalue weighted by Crippen LogP contribution is -2.31. The summed E-state index contributed by atoms with van der Waals surface area (Å²) in [5.41, 5.74) is -0.411. The summed E-state index contributed by atoms with van der Waals surface area (Å²) in [4.78, 5) is -0.250. The number of nitriles is 1. The lowest BCUT2D eigenvalue weighted by atomic mass is 10.1. The van der Waals surface area contributed by atoms with Crippen LogP contribution in [0.5, 0.6) is 0 Å². The van der Waals surface area contributed by atoms with Crippen LogP contribution in [-0.2, 0) is 10.0 Å². The molecule has 0 heterocycles. The number of benzene rings is 1. The summed E-state index contributed by atoms with van der Waals surface area (Å²) < 4.78 is 39.7. The topological polar surface area (TPSA) is 61.2 Å².